The van der Waals surface area contributed by atoms with E-state index in [1.54, 1.807) is 0 Å². The van der Waals surface area contributed by atoms with Crippen LogP contribution in [0.15, 0.2) is 11.4 Å². The SMILES string of the molecule is CC(=O)OCCn1c([N+](=O)[O-])cnc1/C(N)=N/O. The quantitative estimate of drug-likeness (QED) is 0.179. The van der Waals surface area contributed by atoms with Gasteiger partial charge in [-0.1, -0.05) is 5.16 Å². The van der Waals surface area contributed by atoms with Crippen molar-refractivity contribution in [3.05, 3.63) is 22.1 Å². The van der Waals surface area contributed by atoms with E-state index in [2.05, 4.69) is 14.9 Å². The Kier molecular flexibility index (Phi) is 4.18. The molecule has 18 heavy (non-hydrogen) atoms. The monoisotopic (exact) mass is 257 g/mol. The first-order chi connectivity index (χ1) is 8.47. The molecule has 10 nitrogen and oxygen atoms in total. The Bertz CT molecular complexity index is 494. The summed E-state index contributed by atoms with van der Waals surface area (Å²) < 4.78 is 5.75. The molecule has 1 heterocycles. The normalized spacial score (nSPS) is 11.3. The highest BCUT2D eigenvalue weighted by Gasteiger charge is 2.23. The van der Waals surface area contributed by atoms with Crippen LogP contribution in [-0.2, 0) is 16.1 Å². The van der Waals surface area contributed by atoms with Gasteiger partial charge in [-0.25, -0.2) is 4.98 Å². The van der Waals surface area contributed by atoms with E-state index >= 15 is 0 Å². The van der Waals surface area contributed by atoms with Gasteiger partial charge in [0.1, 0.15) is 19.3 Å². The van der Waals surface area contributed by atoms with E-state index < -0.39 is 10.9 Å². The lowest BCUT2D eigenvalue weighted by Crippen LogP contribution is -2.22. The van der Waals surface area contributed by atoms with E-state index in [-0.39, 0.29) is 30.6 Å². The summed E-state index contributed by atoms with van der Waals surface area (Å²) in [5, 5.41) is 22.0. The molecule has 0 saturated heterocycles. The summed E-state index contributed by atoms with van der Waals surface area (Å²) in [5.74, 6) is -1.30. The van der Waals surface area contributed by atoms with Crippen LogP contribution in [0.4, 0.5) is 5.82 Å². The molecule has 0 fully saturated rings. The van der Waals surface area contributed by atoms with Crippen molar-refractivity contribution in [2.24, 2.45) is 10.9 Å². The molecule has 10 heteroatoms. The molecule has 0 aliphatic carbocycles. The molecule has 0 spiro atoms. The second kappa shape index (κ2) is 5.61. The Labute approximate surface area is 101 Å². The smallest absolute Gasteiger partial charge is 0.343 e. The highest BCUT2D eigenvalue weighted by atomic mass is 16.6. The van der Waals surface area contributed by atoms with Crippen molar-refractivity contribution in [2.45, 2.75) is 13.5 Å². The van der Waals surface area contributed by atoms with Gasteiger partial charge in [0, 0.05) is 6.92 Å². The van der Waals surface area contributed by atoms with Crippen molar-refractivity contribution in [1.82, 2.24) is 9.55 Å². The first-order valence-corrected chi connectivity index (χ1v) is 4.78. The number of esters is 1. The summed E-state index contributed by atoms with van der Waals surface area (Å²) in [6.07, 6.45) is 0.973. The number of carbonyl (C=O) groups is 1. The maximum Gasteiger partial charge on any atom is 0.343 e. The van der Waals surface area contributed by atoms with Gasteiger partial charge in [0.25, 0.3) is 5.82 Å². The average Bonchev–Trinajstić information content (AvgIpc) is 2.71. The maximum absolute atomic E-state index is 10.7. The zero-order valence-corrected chi connectivity index (χ0v) is 9.44. The third kappa shape index (κ3) is 2.93. The second-order valence-electron chi connectivity index (χ2n) is 3.17. The molecule has 1 aromatic heterocycles. The van der Waals surface area contributed by atoms with Gasteiger partial charge in [-0.15, -0.1) is 0 Å². The fraction of sp³-hybridized carbons (Fsp3) is 0.375. The Hall–Kier alpha value is -2.65. The fourth-order valence-corrected chi connectivity index (χ4v) is 1.26. The number of amidine groups is 1. The van der Waals surface area contributed by atoms with Crippen LogP contribution < -0.4 is 5.73 Å². The number of carbonyl (C=O) groups excluding carboxylic acids is 1. The van der Waals surface area contributed by atoms with Crippen molar-refractivity contribution in [2.75, 3.05) is 6.61 Å². The van der Waals surface area contributed by atoms with Crippen molar-refractivity contribution in [3.63, 3.8) is 0 Å². The van der Waals surface area contributed by atoms with Gasteiger partial charge in [0.15, 0.2) is 0 Å². The number of rotatable bonds is 5. The lowest BCUT2D eigenvalue weighted by molar-refractivity contribution is -0.392. The highest BCUT2D eigenvalue weighted by Crippen LogP contribution is 2.13. The molecule has 0 saturated carbocycles. The summed E-state index contributed by atoms with van der Waals surface area (Å²) in [6, 6.07) is 0. The van der Waals surface area contributed by atoms with Crippen LogP contribution in [0.5, 0.6) is 0 Å². The number of oxime groups is 1. The minimum Gasteiger partial charge on any atom is -0.462 e. The van der Waals surface area contributed by atoms with Gasteiger partial charge in [-0.2, -0.15) is 4.57 Å². The summed E-state index contributed by atoms with van der Waals surface area (Å²) in [5.41, 5.74) is 5.33. The van der Waals surface area contributed by atoms with Crippen LogP contribution in [0, 0.1) is 10.1 Å². The van der Waals surface area contributed by atoms with E-state index in [0.29, 0.717) is 0 Å². The molecule has 0 unspecified atom stereocenters. The molecule has 0 amide bonds. The van der Waals surface area contributed by atoms with Crippen LogP contribution in [0.2, 0.25) is 0 Å². The van der Waals surface area contributed by atoms with Gasteiger partial charge in [-0.3, -0.25) is 4.79 Å². The first kappa shape index (κ1) is 13.4. The first-order valence-electron chi connectivity index (χ1n) is 4.78. The Balaban J connectivity index is 3.00. The van der Waals surface area contributed by atoms with Gasteiger partial charge < -0.3 is 25.8 Å². The molecule has 0 aliphatic heterocycles. The van der Waals surface area contributed by atoms with Crippen LogP contribution >= 0.6 is 0 Å². The summed E-state index contributed by atoms with van der Waals surface area (Å²) in [7, 11) is 0. The second-order valence-corrected chi connectivity index (χ2v) is 3.17. The zero-order chi connectivity index (χ0) is 13.7. The fourth-order valence-electron chi connectivity index (χ4n) is 1.26. The van der Waals surface area contributed by atoms with E-state index in [1.165, 1.54) is 6.92 Å². The number of nitro groups is 1. The van der Waals surface area contributed by atoms with E-state index in [9.17, 15) is 14.9 Å². The molecule has 0 aliphatic rings. The van der Waals surface area contributed by atoms with Crippen LogP contribution in [-0.4, -0.2) is 38.1 Å². The number of hydrogen-bond donors (Lipinski definition) is 2. The van der Waals surface area contributed by atoms with Crippen molar-refractivity contribution in [3.8, 4) is 0 Å². The summed E-state index contributed by atoms with van der Waals surface area (Å²) in [6.45, 7) is 1.10. The molecule has 98 valence electrons. The minimum absolute atomic E-state index is 0.0263. The van der Waals surface area contributed by atoms with E-state index in [1.807, 2.05) is 0 Å². The number of nitrogens with zero attached hydrogens (tertiary/aromatic N) is 4. The predicted molar refractivity (Wildman–Crippen MR) is 58.0 cm³/mol. The van der Waals surface area contributed by atoms with Gasteiger partial charge in [0.05, 0.1) is 0 Å². The predicted octanol–water partition coefficient (Wildman–Crippen LogP) is -0.551. The minimum atomic E-state index is -0.672. The van der Waals surface area contributed by atoms with Crippen LogP contribution in [0.1, 0.15) is 12.7 Å². The number of ether oxygens (including phenoxy) is 1. The van der Waals surface area contributed by atoms with Crippen molar-refractivity contribution >= 4 is 17.6 Å². The molecule has 0 bridgehead atoms. The summed E-state index contributed by atoms with van der Waals surface area (Å²) >= 11 is 0. The largest absolute Gasteiger partial charge is 0.462 e. The molecule has 1 rings (SSSR count). The molecular formula is C8H11N5O5. The van der Waals surface area contributed by atoms with E-state index in [4.69, 9.17) is 10.9 Å². The lowest BCUT2D eigenvalue weighted by Gasteiger charge is -2.04. The van der Waals surface area contributed by atoms with Gasteiger partial charge >= 0.3 is 11.8 Å². The molecule has 1 aromatic rings. The van der Waals surface area contributed by atoms with Crippen molar-refractivity contribution in [1.29, 1.82) is 0 Å². The Morgan fingerprint density at radius 3 is 2.94 bits per heavy atom. The molecule has 3 N–H and O–H groups in total. The van der Waals surface area contributed by atoms with Gasteiger partial charge in [0.2, 0.25) is 5.84 Å². The third-order valence-electron chi connectivity index (χ3n) is 1.98. The lowest BCUT2D eigenvalue weighted by atomic mass is 10.5. The average molecular weight is 257 g/mol. The Morgan fingerprint density at radius 2 is 2.44 bits per heavy atom. The highest BCUT2D eigenvalue weighted by molar-refractivity contribution is 5.94. The molecule has 0 atom stereocenters. The molecular weight excluding hydrogens is 246 g/mol. The molecule has 0 aromatic carbocycles. The summed E-state index contributed by atoms with van der Waals surface area (Å²) in [4.78, 5) is 24.3. The Morgan fingerprint density at radius 1 is 1.78 bits per heavy atom. The van der Waals surface area contributed by atoms with Gasteiger partial charge in [-0.05, 0) is 4.92 Å². The zero-order valence-electron chi connectivity index (χ0n) is 9.44. The number of imidazole rings is 1. The number of aromatic nitrogens is 2. The van der Waals surface area contributed by atoms with Crippen LogP contribution in [0.25, 0.3) is 0 Å². The van der Waals surface area contributed by atoms with Crippen LogP contribution in [0.3, 0.4) is 0 Å². The number of nitrogens with two attached hydrogens (primary N) is 1. The topological polar surface area (TPSA) is 146 Å². The van der Waals surface area contributed by atoms with Crippen molar-refractivity contribution < 1.29 is 19.7 Å². The van der Waals surface area contributed by atoms with E-state index in [0.717, 1.165) is 10.8 Å². The maximum atomic E-state index is 10.7. The third-order valence-corrected chi connectivity index (χ3v) is 1.98. The number of hydrogen-bond acceptors (Lipinski definition) is 7. The molecule has 0 radical (unpaired) electrons. The standard InChI is InChI=1S/C8H11N5O5/c1-5(14)18-3-2-12-6(13(16)17)4-10-8(12)7(9)11-15/h4,15H,2-3H2,1H3,(H2,9,11).